The first kappa shape index (κ1) is 12.3. The van der Waals surface area contributed by atoms with E-state index in [4.69, 9.17) is 19.9 Å². The number of thiophene rings is 1. The Labute approximate surface area is 115 Å². The van der Waals surface area contributed by atoms with Crippen molar-refractivity contribution >= 4 is 11.3 Å². The minimum Gasteiger partial charge on any atom is -0.481 e. The predicted octanol–water partition coefficient (Wildman–Crippen LogP) is 2.95. The molecule has 1 aromatic carbocycles. The van der Waals surface area contributed by atoms with Gasteiger partial charge < -0.3 is 19.9 Å². The molecule has 1 atom stereocenters. The van der Waals surface area contributed by atoms with Gasteiger partial charge in [0.25, 0.3) is 0 Å². The van der Waals surface area contributed by atoms with Gasteiger partial charge in [-0.1, -0.05) is 12.1 Å². The molecule has 1 aromatic heterocycles. The van der Waals surface area contributed by atoms with Crippen molar-refractivity contribution in [2.75, 3.05) is 13.3 Å². The van der Waals surface area contributed by atoms with Gasteiger partial charge in [0.2, 0.25) is 12.5 Å². The molecule has 0 fully saturated rings. The summed E-state index contributed by atoms with van der Waals surface area (Å²) >= 11 is 1.67. The zero-order valence-corrected chi connectivity index (χ0v) is 11.2. The fraction of sp³-hybridized carbons (Fsp3) is 0.286. The quantitative estimate of drug-likeness (QED) is 0.913. The van der Waals surface area contributed by atoms with Crippen molar-refractivity contribution in [3.8, 4) is 17.2 Å². The highest BCUT2D eigenvalue weighted by Gasteiger charge is 2.22. The number of para-hydroxylation sites is 1. The number of nitrogens with two attached hydrogens (primary N) is 1. The molecule has 5 heteroatoms. The van der Waals surface area contributed by atoms with Gasteiger partial charge >= 0.3 is 0 Å². The molecule has 2 aromatic rings. The van der Waals surface area contributed by atoms with Crippen molar-refractivity contribution in [1.29, 1.82) is 0 Å². The Morgan fingerprint density at radius 3 is 3.00 bits per heavy atom. The van der Waals surface area contributed by atoms with E-state index in [9.17, 15) is 0 Å². The van der Waals surface area contributed by atoms with Gasteiger partial charge in [-0.2, -0.15) is 0 Å². The highest BCUT2D eigenvalue weighted by atomic mass is 32.1. The molecule has 1 aliphatic heterocycles. The molecule has 1 unspecified atom stereocenters. The van der Waals surface area contributed by atoms with Crippen LogP contribution in [0.4, 0.5) is 0 Å². The van der Waals surface area contributed by atoms with E-state index in [-0.39, 0.29) is 12.9 Å². The summed E-state index contributed by atoms with van der Waals surface area (Å²) in [6, 6.07) is 9.74. The Balaban J connectivity index is 1.84. The summed E-state index contributed by atoms with van der Waals surface area (Å²) in [5.74, 6) is 2.12. The van der Waals surface area contributed by atoms with Crippen LogP contribution in [0.1, 0.15) is 17.4 Å². The summed E-state index contributed by atoms with van der Waals surface area (Å²) in [6.07, 6.45) is 0.728. The lowest BCUT2D eigenvalue weighted by Gasteiger charge is -2.18. The maximum atomic E-state index is 6.07. The average Bonchev–Trinajstić information content (AvgIpc) is 3.10. The SMILES string of the molecule is NCCC(Oc1cccc2c1OCO2)c1cccs1. The Bertz CT molecular complexity index is 542. The van der Waals surface area contributed by atoms with Crippen molar-refractivity contribution < 1.29 is 14.2 Å². The van der Waals surface area contributed by atoms with Crippen LogP contribution in [0.5, 0.6) is 17.2 Å². The third kappa shape index (κ3) is 2.52. The summed E-state index contributed by atoms with van der Waals surface area (Å²) in [5.41, 5.74) is 5.67. The second-order valence-electron chi connectivity index (χ2n) is 4.19. The molecule has 0 amide bonds. The van der Waals surface area contributed by atoms with Gasteiger partial charge in [-0.05, 0) is 30.1 Å². The third-order valence-electron chi connectivity index (χ3n) is 2.92. The van der Waals surface area contributed by atoms with Crippen LogP contribution in [-0.4, -0.2) is 13.3 Å². The molecule has 0 spiro atoms. The van der Waals surface area contributed by atoms with Gasteiger partial charge in [-0.15, -0.1) is 11.3 Å². The van der Waals surface area contributed by atoms with Gasteiger partial charge in [0.15, 0.2) is 11.5 Å². The largest absolute Gasteiger partial charge is 0.481 e. The zero-order chi connectivity index (χ0) is 13.1. The molecule has 0 saturated carbocycles. The number of benzene rings is 1. The molecule has 100 valence electrons. The Morgan fingerprint density at radius 1 is 1.26 bits per heavy atom. The fourth-order valence-corrected chi connectivity index (χ4v) is 2.82. The van der Waals surface area contributed by atoms with Gasteiger partial charge in [0.05, 0.1) is 0 Å². The summed E-state index contributed by atoms with van der Waals surface area (Å²) in [5, 5.41) is 2.04. The van der Waals surface area contributed by atoms with Crippen LogP contribution < -0.4 is 19.9 Å². The molecule has 0 bridgehead atoms. The maximum Gasteiger partial charge on any atom is 0.231 e. The van der Waals surface area contributed by atoms with Crippen LogP contribution in [0.25, 0.3) is 0 Å². The van der Waals surface area contributed by atoms with Crippen molar-refractivity contribution in [2.45, 2.75) is 12.5 Å². The zero-order valence-electron chi connectivity index (χ0n) is 10.4. The van der Waals surface area contributed by atoms with E-state index < -0.39 is 0 Å². The number of hydrogen-bond donors (Lipinski definition) is 1. The lowest BCUT2D eigenvalue weighted by Crippen LogP contribution is -2.12. The smallest absolute Gasteiger partial charge is 0.231 e. The van der Waals surface area contributed by atoms with Crippen molar-refractivity contribution in [3.05, 3.63) is 40.6 Å². The van der Waals surface area contributed by atoms with Crippen LogP contribution in [0.2, 0.25) is 0 Å². The topological polar surface area (TPSA) is 53.7 Å². The average molecular weight is 277 g/mol. The monoisotopic (exact) mass is 277 g/mol. The summed E-state index contributed by atoms with van der Waals surface area (Å²) in [7, 11) is 0. The van der Waals surface area contributed by atoms with Gasteiger partial charge in [-0.3, -0.25) is 0 Å². The number of fused-ring (bicyclic) bond motifs is 1. The minimum atomic E-state index is -0.0410. The van der Waals surface area contributed by atoms with E-state index in [0.717, 1.165) is 12.2 Å². The minimum absolute atomic E-state index is 0.0410. The first-order chi connectivity index (χ1) is 9.38. The Kier molecular flexibility index (Phi) is 3.57. The van der Waals surface area contributed by atoms with Crippen LogP contribution in [0.15, 0.2) is 35.7 Å². The Hall–Kier alpha value is -1.72. The molecule has 0 saturated heterocycles. The molecule has 2 N–H and O–H groups in total. The molecule has 19 heavy (non-hydrogen) atoms. The molecule has 2 heterocycles. The summed E-state index contributed by atoms with van der Waals surface area (Å²) < 4.78 is 16.9. The maximum absolute atomic E-state index is 6.07. The highest BCUT2D eigenvalue weighted by Crippen LogP contribution is 2.42. The molecule has 4 nitrogen and oxygen atoms in total. The van der Waals surface area contributed by atoms with Crippen LogP contribution in [0, 0.1) is 0 Å². The second kappa shape index (κ2) is 5.50. The van der Waals surface area contributed by atoms with Crippen LogP contribution in [0.3, 0.4) is 0 Å². The third-order valence-corrected chi connectivity index (χ3v) is 3.88. The Morgan fingerprint density at radius 2 is 2.21 bits per heavy atom. The van der Waals surface area contributed by atoms with E-state index in [2.05, 4.69) is 6.07 Å². The second-order valence-corrected chi connectivity index (χ2v) is 5.17. The number of hydrogen-bond acceptors (Lipinski definition) is 5. The molecular weight excluding hydrogens is 262 g/mol. The summed E-state index contributed by atoms with van der Waals surface area (Å²) in [4.78, 5) is 1.17. The van der Waals surface area contributed by atoms with Gasteiger partial charge in [0, 0.05) is 11.3 Å². The lowest BCUT2D eigenvalue weighted by molar-refractivity contribution is 0.159. The first-order valence-corrected chi connectivity index (χ1v) is 7.05. The molecule has 0 radical (unpaired) electrons. The number of ether oxygens (including phenoxy) is 3. The molecule has 0 aliphatic carbocycles. The predicted molar refractivity (Wildman–Crippen MR) is 73.9 cm³/mol. The van der Waals surface area contributed by atoms with E-state index >= 15 is 0 Å². The molecule has 3 rings (SSSR count). The van der Waals surface area contributed by atoms with E-state index in [1.807, 2.05) is 29.6 Å². The molecular formula is C14H15NO3S. The fourth-order valence-electron chi connectivity index (χ4n) is 2.03. The molecule has 1 aliphatic rings. The van der Waals surface area contributed by atoms with E-state index in [1.165, 1.54) is 4.88 Å². The number of rotatable bonds is 5. The summed E-state index contributed by atoms with van der Waals surface area (Å²) in [6.45, 7) is 0.825. The normalized spacial score (nSPS) is 14.4. The first-order valence-electron chi connectivity index (χ1n) is 6.17. The highest BCUT2D eigenvalue weighted by molar-refractivity contribution is 7.10. The van der Waals surface area contributed by atoms with Gasteiger partial charge in [0.1, 0.15) is 6.10 Å². The standard InChI is InChI=1S/C14H15NO3S/c15-7-6-10(13-5-2-8-19-13)18-12-4-1-3-11-14(12)17-9-16-11/h1-5,8,10H,6-7,9,15H2. The van der Waals surface area contributed by atoms with E-state index in [0.29, 0.717) is 18.0 Å². The van der Waals surface area contributed by atoms with Crippen LogP contribution in [-0.2, 0) is 0 Å². The van der Waals surface area contributed by atoms with Crippen molar-refractivity contribution in [1.82, 2.24) is 0 Å². The lowest BCUT2D eigenvalue weighted by atomic mass is 10.2. The van der Waals surface area contributed by atoms with Crippen molar-refractivity contribution in [3.63, 3.8) is 0 Å². The van der Waals surface area contributed by atoms with Gasteiger partial charge in [-0.25, -0.2) is 0 Å². The van der Waals surface area contributed by atoms with Crippen molar-refractivity contribution in [2.24, 2.45) is 5.73 Å². The van der Waals surface area contributed by atoms with Crippen LogP contribution >= 0.6 is 11.3 Å². The van der Waals surface area contributed by atoms with E-state index in [1.54, 1.807) is 11.3 Å².